The highest BCUT2D eigenvalue weighted by Gasteiger charge is 2.57. The van der Waals surface area contributed by atoms with Crippen LogP contribution in [-0.2, 0) is 5.41 Å². The van der Waals surface area contributed by atoms with Gasteiger partial charge in [-0.25, -0.2) is 4.79 Å². The number of para-hydroxylation sites is 1. The van der Waals surface area contributed by atoms with Crippen LogP contribution in [0.4, 0.5) is 5.69 Å². The molecule has 5 heteroatoms. The Labute approximate surface area is 280 Å². The number of benzene rings is 4. The number of rotatable bonds is 13. The summed E-state index contributed by atoms with van der Waals surface area (Å²) >= 11 is 0. The Balaban J connectivity index is 1.02. The first-order valence-electron chi connectivity index (χ1n) is 17.2. The van der Waals surface area contributed by atoms with E-state index in [2.05, 4.69) is 81.3 Å². The van der Waals surface area contributed by atoms with E-state index >= 15 is 0 Å². The van der Waals surface area contributed by atoms with E-state index < -0.39 is 11.7 Å². The number of carbonyl (C=O) groups is 1. The van der Waals surface area contributed by atoms with E-state index in [1.807, 2.05) is 48.5 Å². The van der Waals surface area contributed by atoms with Crippen molar-refractivity contribution in [1.82, 2.24) is 0 Å². The van der Waals surface area contributed by atoms with Crippen LogP contribution in [-0.4, -0.2) is 25.3 Å². The van der Waals surface area contributed by atoms with E-state index in [1.165, 1.54) is 50.5 Å². The van der Waals surface area contributed by atoms with Crippen molar-refractivity contribution in [3.8, 4) is 28.4 Å². The molecule has 0 saturated carbocycles. The molecule has 0 aromatic heterocycles. The van der Waals surface area contributed by atoms with Gasteiger partial charge in [0.25, 0.3) is 0 Å². The smallest absolute Gasteiger partial charge is 0.343 e. The van der Waals surface area contributed by atoms with Gasteiger partial charge in [-0.15, -0.1) is 0 Å². The van der Waals surface area contributed by atoms with E-state index in [0.29, 0.717) is 11.3 Å². The van der Waals surface area contributed by atoms with Gasteiger partial charge in [0.2, 0.25) is 5.72 Å². The molecule has 244 valence electrons. The van der Waals surface area contributed by atoms with Crippen molar-refractivity contribution in [2.24, 2.45) is 0 Å². The molecule has 0 aliphatic carbocycles. The zero-order valence-corrected chi connectivity index (χ0v) is 28.3. The highest BCUT2D eigenvalue weighted by Crippen LogP contribution is 2.54. The lowest BCUT2D eigenvalue weighted by Crippen LogP contribution is -2.58. The fraction of sp³-hybridized carbons (Fsp3) is 0.357. The van der Waals surface area contributed by atoms with Gasteiger partial charge in [-0.2, -0.15) is 0 Å². The zero-order chi connectivity index (χ0) is 32.9. The highest BCUT2D eigenvalue weighted by atomic mass is 16.5. The lowest BCUT2D eigenvalue weighted by Gasteiger charge is -2.45. The van der Waals surface area contributed by atoms with Crippen LogP contribution in [0.25, 0.3) is 17.2 Å². The molecule has 1 spiro atoms. The van der Waals surface area contributed by atoms with Crippen LogP contribution in [0.5, 0.6) is 17.2 Å². The van der Waals surface area contributed by atoms with Crippen molar-refractivity contribution in [3.05, 3.63) is 114 Å². The highest BCUT2D eigenvalue weighted by molar-refractivity contribution is 5.92. The summed E-state index contributed by atoms with van der Waals surface area (Å²) < 4.78 is 18.5. The second-order valence-corrected chi connectivity index (χ2v) is 13.3. The average Bonchev–Trinajstić information content (AvgIpc) is 3.25. The van der Waals surface area contributed by atoms with Gasteiger partial charge in [0.15, 0.2) is 0 Å². The molecular formula is C42H47NO4. The van der Waals surface area contributed by atoms with Gasteiger partial charge in [-0.05, 0) is 97.6 Å². The predicted molar refractivity (Wildman–Crippen MR) is 192 cm³/mol. The topological polar surface area (TPSA) is 48.0 Å². The average molecular weight is 630 g/mol. The van der Waals surface area contributed by atoms with Gasteiger partial charge < -0.3 is 19.1 Å². The van der Waals surface area contributed by atoms with Crippen molar-refractivity contribution in [2.75, 3.05) is 18.6 Å². The summed E-state index contributed by atoms with van der Waals surface area (Å²) in [5, 5.41) is 0. The maximum Gasteiger partial charge on any atom is 0.343 e. The first kappa shape index (κ1) is 32.4. The molecule has 0 N–H and O–H groups in total. The molecule has 4 aromatic rings. The van der Waals surface area contributed by atoms with Gasteiger partial charge >= 0.3 is 5.97 Å². The quantitative estimate of drug-likeness (QED) is 0.0837. The summed E-state index contributed by atoms with van der Waals surface area (Å²) in [6.07, 6.45) is 14.5. The van der Waals surface area contributed by atoms with Crippen LogP contribution >= 0.6 is 0 Å². The largest absolute Gasteiger partial charge is 0.494 e. The van der Waals surface area contributed by atoms with E-state index in [0.717, 1.165) is 46.9 Å². The molecule has 5 nitrogen and oxygen atoms in total. The van der Waals surface area contributed by atoms with E-state index in [4.69, 9.17) is 14.2 Å². The normalized spacial score (nSPS) is 17.2. The standard InChI is InChI=1S/C42H47NO4/c1-5-6-7-8-9-10-11-14-29-45-35-23-21-32(22-24-35)31-17-19-33(20-18-31)40(44)46-36-25-26-39-34(30-36)27-28-42(47-39)41(2,3)37-15-12-13-16-38(37)43(42)4/h12-13,15-28,30H,5-11,14,29H2,1-4H3. The minimum Gasteiger partial charge on any atom is -0.494 e. The van der Waals surface area contributed by atoms with Crippen LogP contribution < -0.4 is 19.1 Å². The second-order valence-electron chi connectivity index (χ2n) is 13.3. The number of likely N-dealkylation sites (N-methyl/N-ethyl adjacent to an activating group) is 1. The third kappa shape index (κ3) is 6.67. The number of hydrogen-bond acceptors (Lipinski definition) is 5. The molecule has 0 fully saturated rings. The Kier molecular flexibility index (Phi) is 9.72. The minimum atomic E-state index is -0.649. The van der Waals surface area contributed by atoms with Crippen molar-refractivity contribution in [1.29, 1.82) is 0 Å². The van der Waals surface area contributed by atoms with Crippen molar-refractivity contribution in [2.45, 2.75) is 83.3 Å². The number of anilines is 1. The van der Waals surface area contributed by atoms with Gasteiger partial charge in [-0.1, -0.05) is 94.3 Å². The molecule has 6 rings (SSSR count). The second kappa shape index (κ2) is 14.1. The molecule has 0 saturated heterocycles. The van der Waals surface area contributed by atoms with Crippen molar-refractivity contribution in [3.63, 3.8) is 0 Å². The summed E-state index contributed by atoms with van der Waals surface area (Å²) in [5.74, 6) is 1.73. The number of ether oxygens (including phenoxy) is 3. The minimum absolute atomic E-state index is 0.272. The number of nitrogens with zero attached hydrogens (tertiary/aromatic N) is 1. The third-order valence-electron chi connectivity index (χ3n) is 9.85. The van der Waals surface area contributed by atoms with Gasteiger partial charge in [0.05, 0.1) is 17.6 Å². The van der Waals surface area contributed by atoms with Crippen molar-refractivity contribution < 1.29 is 19.0 Å². The van der Waals surface area contributed by atoms with Crippen LogP contribution in [0.3, 0.4) is 0 Å². The Morgan fingerprint density at radius 3 is 2.11 bits per heavy atom. The fourth-order valence-electron chi connectivity index (χ4n) is 6.95. The SMILES string of the molecule is CCCCCCCCCCOc1ccc(-c2ccc(C(=O)Oc3ccc4c(c3)C=CC3(O4)N(C)c4ccccc4C3(C)C)cc2)cc1. The molecule has 2 aliphatic rings. The Morgan fingerprint density at radius 1 is 0.766 bits per heavy atom. The molecular weight excluding hydrogens is 582 g/mol. The fourth-order valence-corrected chi connectivity index (χ4v) is 6.95. The molecule has 2 heterocycles. The maximum absolute atomic E-state index is 13.1. The number of unbranched alkanes of at least 4 members (excludes halogenated alkanes) is 7. The Morgan fingerprint density at radius 2 is 1.40 bits per heavy atom. The first-order valence-corrected chi connectivity index (χ1v) is 17.2. The molecule has 0 bridgehead atoms. The van der Waals surface area contributed by atoms with E-state index in [9.17, 15) is 4.79 Å². The lowest BCUT2D eigenvalue weighted by atomic mass is 9.76. The summed E-state index contributed by atoms with van der Waals surface area (Å²) in [7, 11) is 2.08. The molecule has 4 aromatic carbocycles. The van der Waals surface area contributed by atoms with Gasteiger partial charge in [-0.3, -0.25) is 0 Å². The van der Waals surface area contributed by atoms with Crippen LogP contribution in [0, 0.1) is 0 Å². The molecule has 0 amide bonds. The number of carbonyl (C=O) groups excluding carboxylic acids is 1. The predicted octanol–water partition coefficient (Wildman–Crippen LogP) is 10.6. The molecule has 47 heavy (non-hydrogen) atoms. The Hall–Kier alpha value is -4.51. The Bertz CT molecular complexity index is 1710. The van der Waals surface area contributed by atoms with E-state index in [-0.39, 0.29) is 5.41 Å². The summed E-state index contributed by atoms with van der Waals surface area (Å²) in [5.41, 5.74) is 4.97. The molecule has 2 aliphatic heterocycles. The van der Waals surface area contributed by atoms with Crippen LogP contribution in [0.2, 0.25) is 0 Å². The molecule has 1 unspecified atom stereocenters. The number of esters is 1. The summed E-state index contributed by atoms with van der Waals surface area (Å²) in [4.78, 5) is 15.3. The van der Waals surface area contributed by atoms with Crippen molar-refractivity contribution >= 4 is 17.7 Å². The molecule has 1 atom stereocenters. The molecule has 0 radical (unpaired) electrons. The zero-order valence-electron chi connectivity index (χ0n) is 28.3. The monoisotopic (exact) mass is 629 g/mol. The lowest BCUT2D eigenvalue weighted by molar-refractivity contribution is 0.0579. The van der Waals surface area contributed by atoms with Gasteiger partial charge in [0, 0.05) is 18.3 Å². The number of hydrogen-bond donors (Lipinski definition) is 0. The van der Waals surface area contributed by atoms with Crippen LogP contribution in [0.15, 0.2) is 97.1 Å². The summed E-state index contributed by atoms with van der Waals surface area (Å²) in [6.45, 7) is 7.44. The van der Waals surface area contributed by atoms with E-state index in [1.54, 1.807) is 6.07 Å². The first-order chi connectivity index (χ1) is 22.8. The number of fused-ring (bicyclic) bond motifs is 2. The van der Waals surface area contributed by atoms with Crippen LogP contribution in [0.1, 0.15) is 93.6 Å². The third-order valence-corrected chi connectivity index (χ3v) is 9.85. The maximum atomic E-state index is 13.1. The van der Waals surface area contributed by atoms with Gasteiger partial charge in [0.1, 0.15) is 17.2 Å². The summed E-state index contributed by atoms with van der Waals surface area (Å²) in [6, 6.07) is 29.7.